The summed E-state index contributed by atoms with van der Waals surface area (Å²) in [5, 5.41) is 8.07. The Bertz CT molecular complexity index is 257. The fourth-order valence-electron chi connectivity index (χ4n) is 1.49. The Kier molecular flexibility index (Phi) is 7.17. The van der Waals surface area contributed by atoms with Gasteiger partial charge in [-0.05, 0) is 47.0 Å². The van der Waals surface area contributed by atoms with Crippen molar-refractivity contribution in [3.63, 3.8) is 0 Å². The number of thioether (sulfide) groups is 1. The fraction of sp³-hybridized carbons (Fsp3) is 0.692. The van der Waals surface area contributed by atoms with Crippen LogP contribution in [0.15, 0.2) is 16.8 Å². The van der Waals surface area contributed by atoms with Crippen LogP contribution in [0, 0.1) is 5.92 Å². The van der Waals surface area contributed by atoms with Crippen LogP contribution in [0.1, 0.15) is 38.8 Å². The maximum absolute atomic E-state index is 3.63. The van der Waals surface area contributed by atoms with Crippen molar-refractivity contribution in [2.24, 2.45) is 5.92 Å². The van der Waals surface area contributed by atoms with Crippen molar-refractivity contribution < 1.29 is 0 Å². The largest absolute Gasteiger partial charge is 0.309 e. The second-order valence-electron chi connectivity index (χ2n) is 4.49. The smallest absolute Gasteiger partial charge is 0.0420 e. The molecule has 0 saturated carbocycles. The Hall–Kier alpha value is 0.01000. The molecule has 92 valence electrons. The van der Waals surface area contributed by atoms with Crippen LogP contribution in [-0.4, -0.2) is 18.1 Å². The van der Waals surface area contributed by atoms with E-state index in [1.54, 1.807) is 11.3 Å². The molecule has 0 aliphatic rings. The number of thiophene rings is 1. The monoisotopic (exact) mass is 257 g/mol. The van der Waals surface area contributed by atoms with Gasteiger partial charge in [0, 0.05) is 11.8 Å². The zero-order chi connectivity index (χ0) is 11.8. The van der Waals surface area contributed by atoms with E-state index in [0.717, 1.165) is 12.5 Å². The summed E-state index contributed by atoms with van der Waals surface area (Å²) in [6.07, 6.45) is 1.20. The third kappa shape index (κ3) is 5.37. The molecule has 0 radical (unpaired) electrons. The topological polar surface area (TPSA) is 12.0 Å². The van der Waals surface area contributed by atoms with Crippen LogP contribution in [0.3, 0.4) is 0 Å². The molecule has 1 rings (SSSR count). The molecular formula is C13H23NS2. The van der Waals surface area contributed by atoms with E-state index < -0.39 is 0 Å². The molecule has 0 aliphatic carbocycles. The summed E-state index contributed by atoms with van der Waals surface area (Å²) in [6, 6.07) is 2.78. The Labute approximate surface area is 108 Å². The van der Waals surface area contributed by atoms with Gasteiger partial charge in [0.2, 0.25) is 0 Å². The lowest BCUT2D eigenvalue weighted by molar-refractivity contribution is 0.578. The normalized spacial score (nSPS) is 13.2. The maximum atomic E-state index is 3.63. The van der Waals surface area contributed by atoms with E-state index in [1.165, 1.54) is 23.5 Å². The summed E-state index contributed by atoms with van der Waals surface area (Å²) < 4.78 is 0. The van der Waals surface area contributed by atoms with Crippen molar-refractivity contribution in [2.75, 3.05) is 18.1 Å². The standard InChI is InChI=1S/C13H23NS2/c1-4-6-14-13(10-16-8-11(2)3)12-5-7-15-9-12/h5,7,9,11,13-14H,4,6,8,10H2,1-3H3. The summed E-state index contributed by atoms with van der Waals surface area (Å²) in [6.45, 7) is 7.90. The summed E-state index contributed by atoms with van der Waals surface area (Å²) in [5.41, 5.74) is 1.45. The second kappa shape index (κ2) is 8.15. The van der Waals surface area contributed by atoms with Crippen LogP contribution in [0.2, 0.25) is 0 Å². The molecule has 0 amide bonds. The van der Waals surface area contributed by atoms with E-state index >= 15 is 0 Å². The number of rotatable bonds is 8. The molecule has 0 saturated heterocycles. The molecule has 0 aliphatic heterocycles. The Morgan fingerprint density at radius 2 is 2.19 bits per heavy atom. The van der Waals surface area contributed by atoms with Gasteiger partial charge in [0.1, 0.15) is 0 Å². The lowest BCUT2D eigenvalue weighted by Crippen LogP contribution is -2.24. The Balaban J connectivity index is 2.38. The predicted octanol–water partition coefficient (Wildman–Crippen LogP) is 4.18. The first-order chi connectivity index (χ1) is 7.74. The van der Waals surface area contributed by atoms with Gasteiger partial charge in [0.25, 0.3) is 0 Å². The Morgan fingerprint density at radius 3 is 2.75 bits per heavy atom. The predicted molar refractivity (Wildman–Crippen MR) is 77.5 cm³/mol. The molecule has 1 aromatic rings. The third-order valence-electron chi connectivity index (χ3n) is 2.32. The van der Waals surface area contributed by atoms with Gasteiger partial charge in [0.15, 0.2) is 0 Å². The molecule has 0 spiro atoms. The minimum absolute atomic E-state index is 0.537. The van der Waals surface area contributed by atoms with Gasteiger partial charge in [0.05, 0.1) is 0 Å². The number of hydrogen-bond donors (Lipinski definition) is 1. The first kappa shape index (κ1) is 14.1. The Morgan fingerprint density at radius 1 is 1.38 bits per heavy atom. The van der Waals surface area contributed by atoms with Crippen molar-refractivity contribution in [1.82, 2.24) is 5.32 Å². The average Bonchev–Trinajstić information content (AvgIpc) is 2.75. The molecule has 1 aromatic heterocycles. The molecular weight excluding hydrogens is 234 g/mol. The van der Waals surface area contributed by atoms with Gasteiger partial charge in [-0.15, -0.1) is 0 Å². The first-order valence-corrected chi connectivity index (χ1v) is 8.17. The van der Waals surface area contributed by atoms with Gasteiger partial charge >= 0.3 is 0 Å². The summed E-state index contributed by atoms with van der Waals surface area (Å²) >= 11 is 3.85. The minimum atomic E-state index is 0.537. The molecule has 3 heteroatoms. The van der Waals surface area contributed by atoms with Crippen LogP contribution >= 0.6 is 23.1 Å². The van der Waals surface area contributed by atoms with Gasteiger partial charge in [-0.3, -0.25) is 0 Å². The van der Waals surface area contributed by atoms with Crippen LogP contribution in [-0.2, 0) is 0 Å². The van der Waals surface area contributed by atoms with Crippen molar-refractivity contribution in [3.05, 3.63) is 22.4 Å². The lowest BCUT2D eigenvalue weighted by atomic mass is 10.2. The van der Waals surface area contributed by atoms with Crippen molar-refractivity contribution in [1.29, 1.82) is 0 Å². The highest BCUT2D eigenvalue weighted by Crippen LogP contribution is 2.22. The van der Waals surface area contributed by atoms with E-state index in [1.807, 2.05) is 0 Å². The van der Waals surface area contributed by atoms with Crippen LogP contribution in [0.4, 0.5) is 0 Å². The fourth-order valence-corrected chi connectivity index (χ4v) is 3.35. The highest BCUT2D eigenvalue weighted by Gasteiger charge is 2.11. The quantitative estimate of drug-likeness (QED) is 0.750. The molecule has 0 fully saturated rings. The van der Waals surface area contributed by atoms with Gasteiger partial charge in [-0.1, -0.05) is 20.8 Å². The lowest BCUT2D eigenvalue weighted by Gasteiger charge is -2.17. The van der Waals surface area contributed by atoms with E-state index in [0.29, 0.717) is 6.04 Å². The average molecular weight is 257 g/mol. The molecule has 1 heterocycles. The van der Waals surface area contributed by atoms with Crippen LogP contribution < -0.4 is 5.32 Å². The second-order valence-corrected chi connectivity index (χ2v) is 6.35. The molecule has 16 heavy (non-hydrogen) atoms. The molecule has 0 bridgehead atoms. The van der Waals surface area contributed by atoms with Crippen LogP contribution in [0.5, 0.6) is 0 Å². The molecule has 1 unspecified atom stereocenters. The minimum Gasteiger partial charge on any atom is -0.309 e. The highest BCUT2D eigenvalue weighted by atomic mass is 32.2. The van der Waals surface area contributed by atoms with Crippen LogP contribution in [0.25, 0.3) is 0 Å². The maximum Gasteiger partial charge on any atom is 0.0420 e. The summed E-state index contributed by atoms with van der Waals surface area (Å²) in [7, 11) is 0. The zero-order valence-corrected chi connectivity index (χ0v) is 12.2. The zero-order valence-electron chi connectivity index (χ0n) is 10.5. The van der Waals surface area contributed by atoms with Crippen molar-refractivity contribution >= 4 is 23.1 Å². The summed E-state index contributed by atoms with van der Waals surface area (Å²) in [5.74, 6) is 3.24. The first-order valence-electron chi connectivity index (χ1n) is 6.07. The molecule has 0 aromatic carbocycles. The van der Waals surface area contributed by atoms with Gasteiger partial charge in [-0.2, -0.15) is 23.1 Å². The van der Waals surface area contributed by atoms with Gasteiger partial charge in [-0.25, -0.2) is 0 Å². The van der Waals surface area contributed by atoms with Crippen molar-refractivity contribution in [3.8, 4) is 0 Å². The van der Waals surface area contributed by atoms with E-state index in [9.17, 15) is 0 Å². The van der Waals surface area contributed by atoms with Crippen molar-refractivity contribution in [2.45, 2.75) is 33.2 Å². The van der Waals surface area contributed by atoms with E-state index in [4.69, 9.17) is 0 Å². The molecule has 1 nitrogen and oxygen atoms in total. The molecule has 1 atom stereocenters. The third-order valence-corrected chi connectivity index (χ3v) is 4.49. The van der Waals surface area contributed by atoms with Gasteiger partial charge < -0.3 is 5.32 Å². The number of hydrogen-bond acceptors (Lipinski definition) is 3. The highest BCUT2D eigenvalue weighted by molar-refractivity contribution is 7.99. The van der Waals surface area contributed by atoms with E-state index in [-0.39, 0.29) is 0 Å². The van der Waals surface area contributed by atoms with E-state index in [2.05, 4.69) is 54.7 Å². The molecule has 1 N–H and O–H groups in total. The number of nitrogens with one attached hydrogen (secondary N) is 1. The SMILES string of the molecule is CCCNC(CSCC(C)C)c1ccsc1. The summed E-state index contributed by atoms with van der Waals surface area (Å²) in [4.78, 5) is 0.